The third kappa shape index (κ3) is 4.77. The summed E-state index contributed by atoms with van der Waals surface area (Å²) in [7, 11) is 0. The number of nitrogens with zero attached hydrogens (tertiary/aromatic N) is 3. The first-order valence-corrected chi connectivity index (χ1v) is 8.07. The van der Waals surface area contributed by atoms with E-state index < -0.39 is 12.3 Å². The van der Waals surface area contributed by atoms with Gasteiger partial charge in [-0.15, -0.1) is 12.4 Å². The number of hydrogen-bond acceptors (Lipinski definition) is 4. The Kier molecular flexibility index (Phi) is 6.93. The van der Waals surface area contributed by atoms with Crippen molar-refractivity contribution in [1.82, 2.24) is 14.8 Å². The SMILES string of the molecule is Cl.OC(c1ccc(Cl)cc1Cl)C(Oc1ccc(Cl)cc1)n1cncn1. The van der Waals surface area contributed by atoms with E-state index in [1.165, 1.54) is 17.3 Å². The van der Waals surface area contributed by atoms with Crippen molar-refractivity contribution in [2.75, 3.05) is 0 Å². The number of halogens is 4. The van der Waals surface area contributed by atoms with Crippen LogP contribution in [-0.2, 0) is 0 Å². The largest absolute Gasteiger partial charge is 0.465 e. The predicted molar refractivity (Wildman–Crippen MR) is 99.8 cm³/mol. The van der Waals surface area contributed by atoms with Crippen molar-refractivity contribution in [3.05, 3.63) is 75.8 Å². The Balaban J connectivity index is 0.00000225. The predicted octanol–water partition coefficient (Wildman–Crippen LogP) is 4.97. The molecule has 2 unspecified atom stereocenters. The van der Waals surface area contributed by atoms with Crippen molar-refractivity contribution in [2.24, 2.45) is 0 Å². The second kappa shape index (κ2) is 8.74. The van der Waals surface area contributed by atoms with Gasteiger partial charge in [-0.05, 0) is 36.4 Å². The van der Waals surface area contributed by atoms with Crippen LogP contribution < -0.4 is 4.74 Å². The summed E-state index contributed by atoms with van der Waals surface area (Å²) in [6.45, 7) is 0. The molecule has 3 aromatic rings. The number of aromatic nitrogens is 3. The van der Waals surface area contributed by atoms with Gasteiger partial charge < -0.3 is 9.84 Å². The molecular formula is C16H13Cl4N3O2. The first-order valence-electron chi connectivity index (χ1n) is 6.94. The molecule has 2 atom stereocenters. The average molecular weight is 421 g/mol. The maximum atomic E-state index is 10.8. The maximum absolute atomic E-state index is 10.8. The average Bonchev–Trinajstić information content (AvgIpc) is 3.08. The van der Waals surface area contributed by atoms with Gasteiger partial charge in [0.05, 0.1) is 0 Å². The van der Waals surface area contributed by atoms with Gasteiger partial charge in [-0.2, -0.15) is 5.10 Å². The van der Waals surface area contributed by atoms with Crippen molar-refractivity contribution in [2.45, 2.75) is 12.3 Å². The molecule has 0 aliphatic carbocycles. The van der Waals surface area contributed by atoms with Crippen LogP contribution in [0.5, 0.6) is 5.75 Å². The highest BCUT2D eigenvalue weighted by atomic mass is 35.5. The zero-order valence-corrected chi connectivity index (χ0v) is 15.7. The highest BCUT2D eigenvalue weighted by Crippen LogP contribution is 2.34. The monoisotopic (exact) mass is 419 g/mol. The summed E-state index contributed by atoms with van der Waals surface area (Å²) in [6.07, 6.45) is 0.849. The fraction of sp³-hybridized carbons (Fsp3) is 0.125. The third-order valence-electron chi connectivity index (χ3n) is 3.32. The normalized spacial score (nSPS) is 13.0. The molecule has 132 valence electrons. The minimum absolute atomic E-state index is 0. The summed E-state index contributed by atoms with van der Waals surface area (Å²) >= 11 is 18.0. The zero-order valence-electron chi connectivity index (χ0n) is 12.6. The minimum Gasteiger partial charge on any atom is -0.465 e. The molecule has 0 bridgehead atoms. The number of hydrogen-bond donors (Lipinski definition) is 1. The summed E-state index contributed by atoms with van der Waals surface area (Å²) in [5, 5.41) is 16.2. The molecule has 0 radical (unpaired) electrons. The topological polar surface area (TPSA) is 60.2 Å². The molecule has 1 heterocycles. The van der Waals surface area contributed by atoms with Crippen molar-refractivity contribution in [1.29, 1.82) is 0 Å². The molecule has 1 aromatic heterocycles. The van der Waals surface area contributed by atoms with Crippen LogP contribution in [-0.4, -0.2) is 19.9 Å². The van der Waals surface area contributed by atoms with Crippen LogP contribution in [0.15, 0.2) is 55.1 Å². The van der Waals surface area contributed by atoms with E-state index in [9.17, 15) is 5.11 Å². The Morgan fingerprint density at radius 1 is 1.00 bits per heavy atom. The highest BCUT2D eigenvalue weighted by Gasteiger charge is 2.27. The fourth-order valence-corrected chi connectivity index (χ4v) is 2.81. The van der Waals surface area contributed by atoms with Crippen molar-refractivity contribution in [3.8, 4) is 5.75 Å². The van der Waals surface area contributed by atoms with Crippen LogP contribution in [0.25, 0.3) is 0 Å². The van der Waals surface area contributed by atoms with E-state index >= 15 is 0 Å². The van der Waals surface area contributed by atoms with Gasteiger partial charge in [0.2, 0.25) is 6.23 Å². The maximum Gasteiger partial charge on any atom is 0.222 e. The van der Waals surface area contributed by atoms with Crippen LogP contribution in [0.1, 0.15) is 17.9 Å². The standard InChI is InChI=1S/C16H12Cl3N3O2.ClH/c17-10-1-4-12(5-2-10)24-16(22-9-20-8-21-22)15(23)13-6-3-11(18)7-14(13)19;/h1-9,15-16,23H;1H. The molecule has 5 nitrogen and oxygen atoms in total. The van der Waals surface area contributed by atoms with Crippen LogP contribution in [0.3, 0.4) is 0 Å². The van der Waals surface area contributed by atoms with Crippen molar-refractivity contribution in [3.63, 3.8) is 0 Å². The number of benzene rings is 2. The third-order valence-corrected chi connectivity index (χ3v) is 4.13. The Hall–Kier alpha value is -1.50. The first-order chi connectivity index (χ1) is 11.5. The molecule has 1 N–H and O–H groups in total. The number of rotatable bonds is 5. The quantitative estimate of drug-likeness (QED) is 0.632. The summed E-state index contributed by atoms with van der Waals surface area (Å²) in [6, 6.07) is 11.6. The van der Waals surface area contributed by atoms with Crippen LogP contribution in [0, 0.1) is 0 Å². The molecule has 0 aliphatic rings. The van der Waals surface area contributed by atoms with Crippen molar-refractivity contribution < 1.29 is 9.84 Å². The number of aliphatic hydroxyl groups is 1. The zero-order chi connectivity index (χ0) is 17.1. The Bertz CT molecular complexity index is 813. The first kappa shape index (κ1) is 19.8. The van der Waals surface area contributed by atoms with Gasteiger partial charge >= 0.3 is 0 Å². The molecule has 9 heteroatoms. The smallest absolute Gasteiger partial charge is 0.222 e. The minimum atomic E-state index is -1.09. The van der Waals surface area contributed by atoms with E-state index in [4.69, 9.17) is 39.5 Å². The van der Waals surface area contributed by atoms with Gasteiger partial charge in [-0.1, -0.05) is 40.9 Å². The van der Waals surface area contributed by atoms with E-state index in [-0.39, 0.29) is 12.4 Å². The lowest BCUT2D eigenvalue weighted by Gasteiger charge is -2.25. The highest BCUT2D eigenvalue weighted by molar-refractivity contribution is 6.35. The lowest BCUT2D eigenvalue weighted by molar-refractivity contribution is -0.0192. The van der Waals surface area contributed by atoms with Gasteiger partial charge in [0.25, 0.3) is 0 Å². The molecule has 0 fully saturated rings. The van der Waals surface area contributed by atoms with Gasteiger partial charge in [0, 0.05) is 20.6 Å². The lowest BCUT2D eigenvalue weighted by atomic mass is 10.1. The summed E-state index contributed by atoms with van der Waals surface area (Å²) < 4.78 is 7.28. The molecule has 0 aliphatic heterocycles. The molecule has 0 spiro atoms. The second-order valence-corrected chi connectivity index (χ2v) is 6.23. The van der Waals surface area contributed by atoms with Crippen LogP contribution in [0.4, 0.5) is 0 Å². The molecular weight excluding hydrogens is 408 g/mol. The summed E-state index contributed by atoms with van der Waals surface area (Å²) in [5.41, 5.74) is 0.468. The van der Waals surface area contributed by atoms with Crippen LogP contribution >= 0.6 is 47.2 Å². The van der Waals surface area contributed by atoms with Gasteiger partial charge in [0.15, 0.2) is 0 Å². The Morgan fingerprint density at radius 2 is 1.68 bits per heavy atom. The Labute approximate surface area is 165 Å². The van der Waals surface area contributed by atoms with E-state index in [0.717, 1.165) is 0 Å². The molecule has 3 rings (SSSR count). The molecule has 2 aromatic carbocycles. The van der Waals surface area contributed by atoms with E-state index in [1.54, 1.807) is 42.5 Å². The van der Waals surface area contributed by atoms with Crippen LogP contribution in [0.2, 0.25) is 15.1 Å². The number of aliphatic hydroxyl groups excluding tert-OH is 1. The molecule has 25 heavy (non-hydrogen) atoms. The summed E-state index contributed by atoms with van der Waals surface area (Å²) in [4.78, 5) is 3.90. The van der Waals surface area contributed by atoms with E-state index in [2.05, 4.69) is 10.1 Å². The number of ether oxygens (including phenoxy) is 1. The van der Waals surface area contributed by atoms with E-state index in [0.29, 0.717) is 26.4 Å². The molecule has 0 saturated carbocycles. The fourth-order valence-electron chi connectivity index (χ4n) is 2.16. The van der Waals surface area contributed by atoms with Gasteiger partial charge in [0.1, 0.15) is 24.5 Å². The summed E-state index contributed by atoms with van der Waals surface area (Å²) in [5.74, 6) is 0.518. The molecule has 0 saturated heterocycles. The Morgan fingerprint density at radius 3 is 2.28 bits per heavy atom. The van der Waals surface area contributed by atoms with E-state index in [1.807, 2.05) is 0 Å². The second-order valence-electron chi connectivity index (χ2n) is 4.95. The lowest BCUT2D eigenvalue weighted by Crippen LogP contribution is -2.24. The molecule has 0 amide bonds. The van der Waals surface area contributed by atoms with Gasteiger partial charge in [-0.25, -0.2) is 9.67 Å². The van der Waals surface area contributed by atoms with Crippen molar-refractivity contribution >= 4 is 47.2 Å². The van der Waals surface area contributed by atoms with Gasteiger partial charge in [-0.3, -0.25) is 0 Å².